The molecule has 1 aliphatic rings. The summed E-state index contributed by atoms with van der Waals surface area (Å²) in [7, 11) is 0. The number of hydrogen-bond acceptors (Lipinski definition) is 3. The Balaban J connectivity index is 1.60. The average molecular weight is 296 g/mol. The van der Waals surface area contributed by atoms with Crippen LogP contribution in [0.2, 0.25) is 0 Å². The van der Waals surface area contributed by atoms with E-state index in [1.807, 2.05) is 29.2 Å². The molecule has 0 aliphatic carbocycles. The van der Waals surface area contributed by atoms with Gasteiger partial charge in [-0.15, -0.1) is 0 Å². The molecule has 0 radical (unpaired) electrons. The summed E-state index contributed by atoms with van der Waals surface area (Å²) in [6.07, 6.45) is 7.63. The second-order valence-corrected chi connectivity index (χ2v) is 7.28. The lowest BCUT2D eigenvalue weighted by atomic mass is 10.3. The third-order valence-electron chi connectivity index (χ3n) is 3.39. The molecule has 112 valence electrons. The topological polar surface area (TPSA) is 50.2 Å². The van der Waals surface area contributed by atoms with E-state index in [9.17, 15) is 4.79 Å². The molecule has 2 heterocycles. The van der Waals surface area contributed by atoms with Crippen molar-refractivity contribution in [3.8, 4) is 0 Å². The average Bonchev–Trinajstić information content (AvgIpc) is 2.90. The Kier molecular flexibility index (Phi) is 5.76. The van der Waals surface area contributed by atoms with Gasteiger partial charge in [-0.3, -0.25) is 0 Å². The molecule has 1 aromatic heterocycles. The molecule has 0 aromatic carbocycles. The molecule has 0 unspecified atom stereocenters. The van der Waals surface area contributed by atoms with Gasteiger partial charge < -0.3 is 14.8 Å². The highest BCUT2D eigenvalue weighted by Crippen LogP contribution is 2.24. The van der Waals surface area contributed by atoms with E-state index in [1.54, 1.807) is 6.20 Å². The van der Waals surface area contributed by atoms with Crippen molar-refractivity contribution in [3.63, 3.8) is 0 Å². The minimum Gasteiger partial charge on any atom is -0.338 e. The fourth-order valence-electron chi connectivity index (χ4n) is 2.49. The van der Waals surface area contributed by atoms with Gasteiger partial charge in [-0.05, 0) is 12.8 Å². The first-order chi connectivity index (χ1) is 9.65. The van der Waals surface area contributed by atoms with Crippen LogP contribution in [0.3, 0.4) is 0 Å². The van der Waals surface area contributed by atoms with Crippen LogP contribution in [0, 0.1) is 0 Å². The highest BCUT2D eigenvalue weighted by atomic mass is 32.2. The third kappa shape index (κ3) is 4.74. The molecule has 5 nitrogen and oxygen atoms in total. The number of amides is 2. The zero-order chi connectivity index (χ0) is 14.4. The van der Waals surface area contributed by atoms with E-state index in [-0.39, 0.29) is 6.03 Å². The summed E-state index contributed by atoms with van der Waals surface area (Å²) in [5.41, 5.74) is 0. The number of urea groups is 1. The van der Waals surface area contributed by atoms with Crippen LogP contribution in [0.25, 0.3) is 0 Å². The number of imidazole rings is 1. The standard InChI is InChI=1S/C14H24N4OS/c1-12-9-18(10-13(2)20-12)14(19)16-5-3-4-7-17-8-6-15-11-17/h6,8,11-13H,3-5,7,9-10H2,1-2H3,(H,16,19)/t12-,13-/m0/s1. The molecule has 0 saturated carbocycles. The van der Waals surface area contributed by atoms with Crippen molar-refractivity contribution in [1.82, 2.24) is 19.8 Å². The van der Waals surface area contributed by atoms with Gasteiger partial charge in [-0.25, -0.2) is 9.78 Å². The Morgan fingerprint density at radius 3 is 2.75 bits per heavy atom. The predicted molar refractivity (Wildman–Crippen MR) is 82.9 cm³/mol. The maximum atomic E-state index is 12.1. The lowest BCUT2D eigenvalue weighted by Gasteiger charge is -2.34. The molecule has 1 saturated heterocycles. The van der Waals surface area contributed by atoms with Crippen molar-refractivity contribution in [2.45, 2.75) is 43.7 Å². The normalized spacial score (nSPS) is 22.8. The van der Waals surface area contributed by atoms with Gasteiger partial charge in [0.05, 0.1) is 6.33 Å². The fraction of sp³-hybridized carbons (Fsp3) is 0.714. The maximum Gasteiger partial charge on any atom is 0.317 e. The fourth-order valence-corrected chi connectivity index (χ4v) is 3.81. The molecule has 6 heteroatoms. The van der Waals surface area contributed by atoms with Crippen LogP contribution in [0.5, 0.6) is 0 Å². The van der Waals surface area contributed by atoms with Crippen molar-refractivity contribution in [2.24, 2.45) is 0 Å². The van der Waals surface area contributed by atoms with Crippen molar-refractivity contribution < 1.29 is 4.79 Å². The lowest BCUT2D eigenvalue weighted by Crippen LogP contribution is -2.48. The summed E-state index contributed by atoms with van der Waals surface area (Å²) < 4.78 is 2.06. The first-order valence-corrected chi connectivity index (χ1v) is 8.23. The van der Waals surface area contributed by atoms with Gasteiger partial charge in [0.2, 0.25) is 0 Å². The molecule has 2 rings (SSSR count). The Morgan fingerprint density at radius 2 is 2.10 bits per heavy atom. The van der Waals surface area contributed by atoms with Crippen molar-refractivity contribution >= 4 is 17.8 Å². The van der Waals surface area contributed by atoms with Crippen LogP contribution in [0.1, 0.15) is 26.7 Å². The number of carbonyl (C=O) groups excluding carboxylic acids is 1. The molecule has 1 fully saturated rings. The number of thioether (sulfide) groups is 1. The zero-order valence-corrected chi connectivity index (χ0v) is 13.1. The van der Waals surface area contributed by atoms with E-state index in [4.69, 9.17) is 0 Å². The van der Waals surface area contributed by atoms with E-state index in [0.29, 0.717) is 10.5 Å². The monoisotopic (exact) mass is 296 g/mol. The van der Waals surface area contributed by atoms with E-state index in [0.717, 1.165) is 39.0 Å². The van der Waals surface area contributed by atoms with Gasteiger partial charge >= 0.3 is 6.03 Å². The molecule has 2 atom stereocenters. The number of carbonyl (C=O) groups is 1. The van der Waals surface area contributed by atoms with Crippen molar-refractivity contribution in [3.05, 3.63) is 18.7 Å². The Bertz CT molecular complexity index is 399. The number of nitrogens with one attached hydrogen (secondary N) is 1. The highest BCUT2D eigenvalue weighted by molar-refractivity contribution is 8.00. The molecular formula is C14H24N4OS. The van der Waals surface area contributed by atoms with Gasteiger partial charge in [0.25, 0.3) is 0 Å². The molecule has 0 bridgehead atoms. The second-order valence-electron chi connectivity index (χ2n) is 5.40. The molecule has 1 aromatic rings. The van der Waals surface area contributed by atoms with E-state index < -0.39 is 0 Å². The van der Waals surface area contributed by atoms with Crippen molar-refractivity contribution in [1.29, 1.82) is 0 Å². The second kappa shape index (κ2) is 7.57. The van der Waals surface area contributed by atoms with Crippen LogP contribution in [-0.2, 0) is 6.54 Å². The number of aromatic nitrogens is 2. The highest BCUT2D eigenvalue weighted by Gasteiger charge is 2.25. The van der Waals surface area contributed by atoms with Gasteiger partial charge in [0.1, 0.15) is 0 Å². The Hall–Kier alpha value is -1.17. The van der Waals surface area contributed by atoms with E-state index >= 15 is 0 Å². The number of unbranched alkanes of at least 4 members (excludes halogenated alkanes) is 1. The van der Waals surface area contributed by atoms with Crippen LogP contribution >= 0.6 is 11.8 Å². The molecule has 20 heavy (non-hydrogen) atoms. The number of aryl methyl sites for hydroxylation is 1. The number of hydrogen-bond donors (Lipinski definition) is 1. The Labute approximate surface area is 125 Å². The minimum atomic E-state index is 0.0895. The van der Waals surface area contributed by atoms with Crippen molar-refractivity contribution in [2.75, 3.05) is 19.6 Å². The van der Waals surface area contributed by atoms with E-state index in [2.05, 4.69) is 28.7 Å². The quantitative estimate of drug-likeness (QED) is 0.848. The van der Waals surface area contributed by atoms with Crippen LogP contribution in [0.15, 0.2) is 18.7 Å². The molecule has 0 spiro atoms. The van der Waals surface area contributed by atoms with Crippen LogP contribution in [-0.4, -0.2) is 50.6 Å². The van der Waals surface area contributed by atoms with Crippen LogP contribution < -0.4 is 5.32 Å². The molecule has 2 amide bonds. The van der Waals surface area contributed by atoms with Gasteiger partial charge in [-0.2, -0.15) is 11.8 Å². The summed E-state index contributed by atoms with van der Waals surface area (Å²) >= 11 is 1.96. The van der Waals surface area contributed by atoms with Crippen LogP contribution in [0.4, 0.5) is 4.79 Å². The third-order valence-corrected chi connectivity index (χ3v) is 4.61. The van der Waals surface area contributed by atoms with Gasteiger partial charge in [0, 0.05) is 49.1 Å². The number of rotatable bonds is 5. The largest absolute Gasteiger partial charge is 0.338 e. The first-order valence-electron chi connectivity index (χ1n) is 7.29. The SMILES string of the molecule is C[C@H]1CN(C(=O)NCCCCn2ccnc2)C[C@H](C)S1. The molecule has 1 aliphatic heterocycles. The van der Waals surface area contributed by atoms with Gasteiger partial charge in [-0.1, -0.05) is 13.8 Å². The summed E-state index contributed by atoms with van der Waals surface area (Å²) in [6, 6.07) is 0.0895. The summed E-state index contributed by atoms with van der Waals surface area (Å²) in [5.74, 6) is 0. The summed E-state index contributed by atoms with van der Waals surface area (Å²) in [6.45, 7) is 7.80. The molecular weight excluding hydrogens is 272 g/mol. The predicted octanol–water partition coefficient (Wildman–Crippen LogP) is 2.20. The first kappa shape index (κ1) is 15.2. The lowest BCUT2D eigenvalue weighted by molar-refractivity contribution is 0.197. The zero-order valence-electron chi connectivity index (χ0n) is 12.3. The Morgan fingerprint density at radius 1 is 1.35 bits per heavy atom. The smallest absolute Gasteiger partial charge is 0.317 e. The maximum absolute atomic E-state index is 12.1. The number of nitrogens with zero attached hydrogens (tertiary/aromatic N) is 3. The minimum absolute atomic E-state index is 0.0895. The van der Waals surface area contributed by atoms with E-state index in [1.165, 1.54) is 0 Å². The van der Waals surface area contributed by atoms with Gasteiger partial charge in [0.15, 0.2) is 0 Å². The summed E-state index contributed by atoms with van der Waals surface area (Å²) in [4.78, 5) is 18.0. The summed E-state index contributed by atoms with van der Waals surface area (Å²) in [5, 5.41) is 4.09. The molecule has 1 N–H and O–H groups in total.